The molecule has 2 aliphatic heterocycles. The largest absolute Gasteiger partial charge is 0.463 e. The number of halogens is 1. The molecule has 0 bridgehead atoms. The summed E-state index contributed by atoms with van der Waals surface area (Å²) in [6, 6.07) is 13.8. The van der Waals surface area contributed by atoms with E-state index in [4.69, 9.17) is 44.9 Å². The van der Waals surface area contributed by atoms with Crippen LogP contribution < -0.4 is 82.7 Å². The lowest BCUT2D eigenvalue weighted by Gasteiger charge is -2.36. The van der Waals surface area contributed by atoms with Crippen LogP contribution in [0.3, 0.4) is 0 Å². The van der Waals surface area contributed by atoms with Crippen LogP contribution in [-0.4, -0.2) is 181 Å². The Morgan fingerprint density at radius 2 is 0.972 bits per heavy atom. The maximum atomic E-state index is 15.3. The minimum Gasteiger partial charge on any atom is -0.463 e. The van der Waals surface area contributed by atoms with Gasteiger partial charge in [-0.15, -0.1) is 0 Å². The number of guanidine groups is 3. The number of nitrogens with zero attached hydrogens (tertiary/aromatic N) is 4. The molecule has 33 heteroatoms. The Bertz CT molecular complexity index is 3830. The zero-order valence-corrected chi connectivity index (χ0v) is 60.9. The van der Waals surface area contributed by atoms with Crippen LogP contribution in [0.4, 0.5) is 4.39 Å². The van der Waals surface area contributed by atoms with E-state index in [2.05, 4.69) is 57.5 Å². The van der Waals surface area contributed by atoms with E-state index in [1.807, 2.05) is 55.5 Å². The van der Waals surface area contributed by atoms with Gasteiger partial charge in [0.25, 0.3) is 5.91 Å². The molecular formula is C74H104FN19O13. The monoisotopic (exact) mass is 1490 g/mol. The van der Waals surface area contributed by atoms with Gasteiger partial charge in [-0.3, -0.25) is 67.7 Å². The summed E-state index contributed by atoms with van der Waals surface area (Å²) in [5.41, 5.74) is 39.6. The second-order valence-corrected chi connectivity index (χ2v) is 27.5. The fraction of sp³-hybridized carbons (Fsp3) is 0.500. The number of carbonyl (C=O) groups is 12. The number of nitrogens with two attached hydrogens (primary N) is 7. The van der Waals surface area contributed by atoms with Gasteiger partial charge in [-0.25, -0.2) is 9.18 Å². The Labute approximate surface area is 621 Å². The fourth-order valence-electron chi connectivity index (χ4n) is 12.3. The van der Waals surface area contributed by atoms with Gasteiger partial charge in [-0.1, -0.05) is 105 Å². The van der Waals surface area contributed by atoms with Crippen molar-refractivity contribution in [2.75, 3.05) is 32.8 Å². The molecule has 107 heavy (non-hydrogen) atoms. The number of cyclic esters (lactones) is 1. The van der Waals surface area contributed by atoms with Crippen molar-refractivity contribution in [1.82, 2.24) is 47.4 Å². The van der Waals surface area contributed by atoms with Gasteiger partial charge < -0.3 is 92.3 Å². The number of hydrogen-bond donors (Lipinski definition) is 15. The molecule has 0 saturated carbocycles. The number of unbranched alkanes of at least 4 members (excludes halogenated alkanes) is 1. The minimum atomic E-state index is -1.73. The van der Waals surface area contributed by atoms with Gasteiger partial charge in [0.1, 0.15) is 60.8 Å². The molecule has 2 fully saturated rings. The third kappa shape index (κ3) is 28.6. The number of aliphatic imine (C=N–C) groups is 3. The number of Topliss-reactive ketones (excluding diaryl/α,β-unsaturated/α-hetero) is 1. The number of nitrogens with one attached hydrogen (secondary N) is 8. The van der Waals surface area contributed by atoms with Crippen LogP contribution in [0.25, 0.3) is 10.8 Å². The molecule has 2 heterocycles. The van der Waals surface area contributed by atoms with E-state index in [0.29, 0.717) is 43.2 Å². The Morgan fingerprint density at radius 1 is 0.505 bits per heavy atom. The normalized spacial score (nSPS) is 22.3. The van der Waals surface area contributed by atoms with Gasteiger partial charge in [0.2, 0.25) is 58.9 Å². The van der Waals surface area contributed by atoms with Gasteiger partial charge in [0, 0.05) is 57.9 Å². The highest BCUT2D eigenvalue weighted by Gasteiger charge is 2.43. The predicted octanol–water partition coefficient (Wildman–Crippen LogP) is -0.185. The predicted molar refractivity (Wildman–Crippen MR) is 399 cm³/mol. The van der Waals surface area contributed by atoms with Crippen molar-refractivity contribution in [3.63, 3.8) is 0 Å². The number of rotatable bonds is 25. The maximum Gasteiger partial charge on any atom is 0.328 e. The lowest BCUT2D eigenvalue weighted by atomic mass is 9.87. The number of piperidine rings is 1. The quantitative estimate of drug-likeness (QED) is 0.0134. The lowest BCUT2D eigenvalue weighted by molar-refractivity contribution is -0.159. The van der Waals surface area contributed by atoms with Gasteiger partial charge in [0.05, 0.1) is 5.41 Å². The zero-order chi connectivity index (χ0) is 78.2. The molecular weight excluding hydrogens is 1380 g/mol. The molecule has 2 saturated heterocycles. The fourth-order valence-corrected chi connectivity index (χ4v) is 12.3. The number of hydrogen-bond acceptors (Lipinski definition) is 16. The van der Waals surface area contributed by atoms with Crippen molar-refractivity contribution in [2.45, 2.75) is 197 Å². The summed E-state index contributed by atoms with van der Waals surface area (Å²) in [5.74, 6) is -12.6. The van der Waals surface area contributed by atoms with E-state index in [0.717, 1.165) is 33.4 Å². The number of benzene rings is 4. The SMILES string of the molecule is CCCCC1NC(=O)C(Cc2ccc(F)cc2)NC(=O)C(CCCN=C(N)N)NC(=O)[C@@H](Cc2ccc3ccccc3c2)NC(=O)C(CCCN=C(N)N)NC(=O)C(CCCN=C(N)N)NC(=O)C(CCC(N)=O)NC(=O)C[C@@H](CCc2ccccc2)NC(=O)C2CCCCN2C(=O)C(=O)C(C)(C)COC1=O. The Balaban J connectivity index is 1.49. The summed E-state index contributed by atoms with van der Waals surface area (Å²) in [4.78, 5) is 189. The van der Waals surface area contributed by atoms with E-state index < -0.39 is 156 Å². The van der Waals surface area contributed by atoms with Crippen molar-refractivity contribution < 1.29 is 66.7 Å². The number of ketones is 1. The van der Waals surface area contributed by atoms with Gasteiger partial charge in [0.15, 0.2) is 17.9 Å². The summed E-state index contributed by atoms with van der Waals surface area (Å²) < 4.78 is 20.2. The van der Waals surface area contributed by atoms with Gasteiger partial charge >= 0.3 is 5.97 Å². The Kier molecular flexibility index (Phi) is 33.7. The number of amides is 10. The van der Waals surface area contributed by atoms with Crippen molar-refractivity contribution in [3.05, 3.63) is 120 Å². The maximum absolute atomic E-state index is 15.3. The van der Waals surface area contributed by atoms with Crippen LogP contribution in [0, 0.1) is 11.2 Å². The van der Waals surface area contributed by atoms with E-state index in [1.54, 1.807) is 24.3 Å². The third-order valence-corrected chi connectivity index (χ3v) is 18.2. The van der Waals surface area contributed by atoms with E-state index in [9.17, 15) is 42.7 Å². The number of carbonyl (C=O) groups excluding carboxylic acids is 12. The first kappa shape index (κ1) is 84.7. The Morgan fingerprint density at radius 3 is 1.50 bits per heavy atom. The molecule has 7 unspecified atom stereocenters. The summed E-state index contributed by atoms with van der Waals surface area (Å²) in [6.45, 7) is 3.72. The highest BCUT2D eigenvalue weighted by Crippen LogP contribution is 2.26. The average molecular weight is 1490 g/mol. The van der Waals surface area contributed by atoms with Crippen molar-refractivity contribution in [1.29, 1.82) is 0 Å². The second kappa shape index (κ2) is 42.6. The van der Waals surface area contributed by atoms with Crippen LogP contribution in [0.1, 0.15) is 140 Å². The number of aryl methyl sites for hydroxylation is 1. The summed E-state index contributed by atoms with van der Waals surface area (Å²) in [7, 11) is 0. The molecule has 0 spiro atoms. The standard InChI is InChI=1S/C74H104FN19O13/c1-4-5-20-55-70(106)107-43-74(2,3)61(97)69(105)94-38-12-11-24-58(94)68(104)86-50(32-28-44-16-7-6-8-17-44)42-60(96)87-54(33-34-59(76)95)65(101)89-51(21-13-35-83-71(77)78)62(98)88-52(22-14-36-84-72(79)80)63(99)93-57(41-46-25-29-47-18-9-10-19-48(47)39-46)66(102)90-53(23-15-37-85-73(81)82)64(100)92-56(67(103)91-55)40-45-26-30-49(75)31-27-45/h6-10,16-19,25-27,29-31,39,50-58H,4-5,11-15,20-24,28,32-38,40-43H2,1-3H3,(H2,76,95)(H,86,104)(H,87,96)(H,88,98)(H,89,101)(H,90,102)(H,91,103)(H,92,100)(H,93,99)(H4,77,78,83)(H4,79,80,84)(H4,81,82,85)/t50-,51?,52?,53?,54?,55?,56?,57-,58?/m1/s1. The van der Waals surface area contributed by atoms with Crippen LogP contribution >= 0.6 is 0 Å². The molecule has 0 radical (unpaired) electrons. The van der Waals surface area contributed by atoms with Crippen molar-refractivity contribution in [3.8, 4) is 0 Å². The smallest absolute Gasteiger partial charge is 0.328 e. The molecule has 580 valence electrons. The van der Waals surface area contributed by atoms with Crippen LogP contribution in [0.15, 0.2) is 112 Å². The molecule has 4 aromatic rings. The molecule has 0 aliphatic carbocycles. The first-order valence-electron chi connectivity index (χ1n) is 36.1. The summed E-state index contributed by atoms with van der Waals surface area (Å²) in [5, 5.41) is 23.5. The third-order valence-electron chi connectivity index (χ3n) is 18.2. The summed E-state index contributed by atoms with van der Waals surface area (Å²) in [6.07, 6.45) is -0.0421. The number of fused-ring (bicyclic) bond motifs is 2. The number of esters is 1. The van der Waals surface area contributed by atoms with Gasteiger partial charge in [-0.2, -0.15) is 0 Å². The average Bonchev–Trinajstić information content (AvgIpc) is 0.813. The molecule has 0 aromatic heterocycles. The second-order valence-electron chi connectivity index (χ2n) is 27.5. The first-order valence-corrected chi connectivity index (χ1v) is 36.1. The first-order chi connectivity index (χ1) is 51.0. The number of primary amides is 1. The minimum absolute atomic E-state index is 0.00900. The molecule has 32 nitrogen and oxygen atoms in total. The van der Waals surface area contributed by atoms with Crippen molar-refractivity contribution in [2.24, 2.45) is 60.5 Å². The molecule has 2 aliphatic rings. The lowest BCUT2D eigenvalue weighted by Crippen LogP contribution is -2.60. The summed E-state index contributed by atoms with van der Waals surface area (Å²) >= 11 is 0. The highest BCUT2D eigenvalue weighted by atomic mass is 19.1. The Hall–Kier alpha value is -11.3. The van der Waals surface area contributed by atoms with Crippen LogP contribution in [0.2, 0.25) is 0 Å². The number of ether oxygens (including phenoxy) is 1. The van der Waals surface area contributed by atoms with Crippen LogP contribution in [0.5, 0.6) is 0 Å². The molecule has 9 atom stereocenters. The molecule has 4 aromatic carbocycles. The zero-order valence-electron chi connectivity index (χ0n) is 60.9. The van der Waals surface area contributed by atoms with Gasteiger partial charge in [-0.05, 0) is 137 Å². The van der Waals surface area contributed by atoms with Crippen LogP contribution in [-0.2, 0) is 81.5 Å². The molecule has 10 amide bonds. The van der Waals surface area contributed by atoms with E-state index >= 15 is 19.2 Å². The molecule has 6 rings (SSSR count). The topological polar surface area (TPSA) is 533 Å². The highest BCUT2D eigenvalue weighted by molar-refractivity contribution is 6.38. The van der Waals surface area contributed by atoms with Crippen molar-refractivity contribution >= 4 is 99.5 Å². The molecule has 22 N–H and O–H groups in total. The van der Waals surface area contributed by atoms with E-state index in [-0.39, 0.29) is 121 Å². The van der Waals surface area contributed by atoms with E-state index in [1.165, 1.54) is 26.0 Å².